The lowest BCUT2D eigenvalue weighted by Gasteiger charge is -2.22. The minimum Gasteiger partial charge on any atom is -0.354 e. The quantitative estimate of drug-likeness (QED) is 0.463. The Labute approximate surface area is 206 Å². The molecular formula is C27H35ClN4O2. The van der Waals surface area contributed by atoms with E-state index in [1.54, 1.807) is 0 Å². The Morgan fingerprint density at radius 3 is 2.71 bits per heavy atom. The van der Waals surface area contributed by atoms with Crippen molar-refractivity contribution in [1.82, 2.24) is 20.5 Å². The zero-order valence-electron chi connectivity index (χ0n) is 20.3. The van der Waals surface area contributed by atoms with Crippen LogP contribution < -0.4 is 10.6 Å². The van der Waals surface area contributed by atoms with Crippen LogP contribution in [-0.4, -0.2) is 54.9 Å². The van der Waals surface area contributed by atoms with Crippen molar-refractivity contribution in [3.8, 4) is 0 Å². The lowest BCUT2D eigenvalue weighted by Crippen LogP contribution is -2.48. The van der Waals surface area contributed by atoms with E-state index in [0.29, 0.717) is 29.6 Å². The summed E-state index contributed by atoms with van der Waals surface area (Å²) in [5.41, 5.74) is 3.38. The van der Waals surface area contributed by atoms with Gasteiger partial charge >= 0.3 is 0 Å². The number of nitrogens with one attached hydrogen (secondary N) is 3. The molecule has 2 aliphatic rings. The van der Waals surface area contributed by atoms with Crippen molar-refractivity contribution in [2.45, 2.75) is 45.1 Å². The number of carbonyl (C=O) groups is 2. The molecule has 1 heterocycles. The summed E-state index contributed by atoms with van der Waals surface area (Å²) in [6.07, 6.45) is 11.5. The van der Waals surface area contributed by atoms with Crippen molar-refractivity contribution in [1.29, 1.82) is 0 Å². The monoisotopic (exact) mass is 482 g/mol. The van der Waals surface area contributed by atoms with Crippen molar-refractivity contribution in [3.63, 3.8) is 0 Å². The van der Waals surface area contributed by atoms with E-state index in [9.17, 15) is 9.59 Å². The van der Waals surface area contributed by atoms with Gasteiger partial charge in [-0.05, 0) is 75.4 Å². The molecule has 1 saturated carbocycles. The van der Waals surface area contributed by atoms with E-state index < -0.39 is 6.04 Å². The molecule has 2 amide bonds. The molecule has 7 heteroatoms. The Hall–Kier alpha value is -2.57. The molecule has 1 aromatic carbocycles. The van der Waals surface area contributed by atoms with Crippen molar-refractivity contribution >= 4 is 34.3 Å². The second-order valence-electron chi connectivity index (χ2n) is 9.95. The average Bonchev–Trinajstić information content (AvgIpc) is 3.57. The molecule has 0 bridgehead atoms. The van der Waals surface area contributed by atoms with Crippen molar-refractivity contribution in [2.24, 2.45) is 11.8 Å². The fraction of sp³-hybridized carbons (Fsp3) is 0.481. The van der Waals surface area contributed by atoms with Gasteiger partial charge < -0.3 is 20.5 Å². The maximum absolute atomic E-state index is 13.2. The Bertz CT molecular complexity index is 1110. The smallest absolute Gasteiger partial charge is 0.268 e. The fourth-order valence-corrected chi connectivity index (χ4v) is 4.91. The third-order valence-corrected chi connectivity index (χ3v) is 7.05. The molecule has 4 rings (SSSR count). The number of benzene rings is 1. The number of hydrogen-bond acceptors (Lipinski definition) is 3. The third-order valence-electron chi connectivity index (χ3n) is 6.74. The highest BCUT2D eigenvalue weighted by Gasteiger charge is 2.28. The number of allylic oxidation sites excluding steroid dienone is 1. The standard InChI is InChI=1S/C27H35ClN4O2/c1-17-24-21(28)5-4-6-22(24)30-25(17)27(34)31-23(14-13-18-7-8-18)26(33)29-15-19-9-11-20(12-10-19)16-32(2)3/h4-6,9,11-12,18-19,23,30H,7-8,10,13-16H2,1-3H3,(H,29,33)(H,31,34). The van der Waals surface area contributed by atoms with E-state index in [-0.39, 0.29) is 17.7 Å². The molecule has 2 atom stereocenters. The van der Waals surface area contributed by atoms with Crippen LogP contribution in [0.25, 0.3) is 10.9 Å². The number of halogens is 1. The summed E-state index contributed by atoms with van der Waals surface area (Å²) in [7, 11) is 4.12. The lowest BCUT2D eigenvalue weighted by molar-refractivity contribution is -0.123. The van der Waals surface area contributed by atoms with Crippen molar-refractivity contribution in [3.05, 3.63) is 58.3 Å². The summed E-state index contributed by atoms with van der Waals surface area (Å²) >= 11 is 6.35. The van der Waals surface area contributed by atoms with E-state index in [4.69, 9.17) is 11.6 Å². The molecule has 0 radical (unpaired) electrons. The summed E-state index contributed by atoms with van der Waals surface area (Å²) in [5.74, 6) is 0.571. The van der Waals surface area contributed by atoms with E-state index in [1.807, 2.05) is 25.1 Å². The molecule has 3 N–H and O–H groups in total. The second-order valence-corrected chi connectivity index (χ2v) is 10.4. The summed E-state index contributed by atoms with van der Waals surface area (Å²) in [6.45, 7) is 3.37. The number of fused-ring (bicyclic) bond motifs is 1. The highest BCUT2D eigenvalue weighted by Crippen LogP contribution is 2.34. The predicted octanol–water partition coefficient (Wildman–Crippen LogP) is 4.60. The van der Waals surface area contributed by atoms with Gasteiger partial charge in [0.1, 0.15) is 11.7 Å². The zero-order valence-corrected chi connectivity index (χ0v) is 21.0. The van der Waals surface area contributed by atoms with Gasteiger partial charge in [0.05, 0.1) is 5.02 Å². The topological polar surface area (TPSA) is 77.2 Å². The minimum absolute atomic E-state index is 0.114. The minimum atomic E-state index is -0.554. The third kappa shape index (κ3) is 6.10. The van der Waals surface area contributed by atoms with Crippen LogP contribution in [0.5, 0.6) is 0 Å². The van der Waals surface area contributed by atoms with Gasteiger partial charge in [-0.25, -0.2) is 0 Å². The van der Waals surface area contributed by atoms with Crippen LogP contribution in [0.15, 0.2) is 42.0 Å². The first kappa shape index (κ1) is 24.6. The number of aromatic amines is 1. The molecule has 0 aliphatic heterocycles. The van der Waals surface area contributed by atoms with Crippen LogP contribution in [0.1, 0.15) is 48.2 Å². The normalized spacial score (nSPS) is 18.7. The highest BCUT2D eigenvalue weighted by atomic mass is 35.5. The number of aromatic nitrogens is 1. The van der Waals surface area contributed by atoms with Gasteiger partial charge in [0, 0.05) is 24.0 Å². The number of carbonyl (C=O) groups excluding carboxylic acids is 2. The molecule has 182 valence electrons. The van der Waals surface area contributed by atoms with Crippen LogP contribution in [-0.2, 0) is 4.79 Å². The molecule has 34 heavy (non-hydrogen) atoms. The Morgan fingerprint density at radius 2 is 2.06 bits per heavy atom. The molecule has 2 aliphatic carbocycles. The first-order chi connectivity index (χ1) is 16.3. The fourth-order valence-electron chi connectivity index (χ4n) is 4.60. The van der Waals surface area contributed by atoms with Gasteiger partial charge in [0.2, 0.25) is 5.91 Å². The lowest BCUT2D eigenvalue weighted by atomic mass is 9.96. The summed E-state index contributed by atoms with van der Waals surface area (Å²) in [6, 6.07) is 5.02. The van der Waals surface area contributed by atoms with E-state index in [2.05, 4.69) is 52.8 Å². The first-order valence-electron chi connectivity index (χ1n) is 12.2. The molecule has 0 spiro atoms. The second kappa shape index (κ2) is 10.8. The molecule has 1 fully saturated rings. The summed E-state index contributed by atoms with van der Waals surface area (Å²) in [4.78, 5) is 31.6. The number of amides is 2. The Balaban J connectivity index is 1.38. The van der Waals surface area contributed by atoms with Gasteiger partial charge in [0.15, 0.2) is 0 Å². The maximum Gasteiger partial charge on any atom is 0.268 e. The molecule has 0 saturated heterocycles. The van der Waals surface area contributed by atoms with Gasteiger partial charge in [-0.2, -0.15) is 0 Å². The molecule has 2 aromatic rings. The molecule has 6 nitrogen and oxygen atoms in total. The average molecular weight is 483 g/mol. The molecule has 2 unspecified atom stereocenters. The van der Waals surface area contributed by atoms with E-state index >= 15 is 0 Å². The van der Waals surface area contributed by atoms with Gasteiger partial charge in [0.25, 0.3) is 5.91 Å². The van der Waals surface area contributed by atoms with Gasteiger partial charge in [-0.15, -0.1) is 0 Å². The van der Waals surface area contributed by atoms with Crippen LogP contribution >= 0.6 is 11.6 Å². The van der Waals surface area contributed by atoms with Gasteiger partial charge in [-0.3, -0.25) is 9.59 Å². The SMILES string of the molecule is Cc1c(C(=O)NC(CCC2CC2)C(=O)NCC2C=CC(CN(C)C)=CC2)[nH]c2cccc(Cl)c12. The summed E-state index contributed by atoms with van der Waals surface area (Å²) < 4.78 is 0. The number of aryl methyl sites for hydroxylation is 1. The number of nitrogens with zero attached hydrogens (tertiary/aromatic N) is 1. The first-order valence-corrected chi connectivity index (χ1v) is 12.6. The highest BCUT2D eigenvalue weighted by molar-refractivity contribution is 6.36. The van der Waals surface area contributed by atoms with Crippen molar-refractivity contribution in [2.75, 3.05) is 27.2 Å². The van der Waals surface area contributed by atoms with Crippen LogP contribution in [0, 0.1) is 18.8 Å². The Kier molecular flexibility index (Phi) is 7.79. The number of H-pyrrole nitrogens is 1. The number of rotatable bonds is 10. The van der Waals surface area contributed by atoms with Gasteiger partial charge in [-0.1, -0.05) is 48.7 Å². The predicted molar refractivity (Wildman–Crippen MR) is 138 cm³/mol. The van der Waals surface area contributed by atoms with E-state index in [0.717, 1.165) is 35.9 Å². The van der Waals surface area contributed by atoms with Crippen molar-refractivity contribution < 1.29 is 9.59 Å². The molecule has 1 aromatic heterocycles. The maximum atomic E-state index is 13.2. The number of hydrogen-bond donors (Lipinski definition) is 3. The number of likely N-dealkylation sites (N-methyl/N-ethyl adjacent to an activating group) is 1. The van der Waals surface area contributed by atoms with E-state index in [1.165, 1.54) is 18.4 Å². The van der Waals surface area contributed by atoms with Crippen LogP contribution in [0.4, 0.5) is 0 Å². The zero-order chi connectivity index (χ0) is 24.2. The Morgan fingerprint density at radius 1 is 1.26 bits per heavy atom. The summed E-state index contributed by atoms with van der Waals surface area (Å²) in [5, 5.41) is 7.53. The molecular weight excluding hydrogens is 448 g/mol. The largest absolute Gasteiger partial charge is 0.354 e. The van der Waals surface area contributed by atoms with Crippen LogP contribution in [0.2, 0.25) is 5.02 Å². The van der Waals surface area contributed by atoms with Crippen LogP contribution in [0.3, 0.4) is 0 Å².